The molecule has 1 aromatic carbocycles. The van der Waals surface area contributed by atoms with Crippen molar-refractivity contribution < 1.29 is 37.1 Å². The summed E-state index contributed by atoms with van der Waals surface area (Å²) in [7, 11) is -2.24. The number of rotatable bonds is 15. The third kappa shape index (κ3) is 8.00. The van der Waals surface area contributed by atoms with Crippen molar-refractivity contribution in [3.05, 3.63) is 43.1 Å². The number of likely N-dealkylation sites (tertiary alicyclic amines) is 1. The lowest BCUT2D eigenvalue weighted by Crippen LogP contribution is -2.48. The Balaban J connectivity index is 1.27. The van der Waals surface area contributed by atoms with Crippen molar-refractivity contribution in [2.45, 2.75) is 109 Å². The van der Waals surface area contributed by atoms with Gasteiger partial charge in [0.05, 0.1) is 30.4 Å². The number of aromatic nitrogens is 1. The van der Waals surface area contributed by atoms with Gasteiger partial charge in [0.2, 0.25) is 27.7 Å². The number of carbonyl (C=O) groups is 4. The molecule has 4 aliphatic rings. The third-order valence-corrected chi connectivity index (χ3v) is 13.3. The van der Waals surface area contributed by atoms with Crippen molar-refractivity contribution in [1.82, 2.24) is 14.6 Å². The summed E-state index contributed by atoms with van der Waals surface area (Å²) >= 11 is 0. The number of amides is 2. The van der Waals surface area contributed by atoms with Crippen molar-refractivity contribution in [2.24, 2.45) is 28.6 Å². The zero-order valence-electron chi connectivity index (χ0n) is 30.2. The molecular weight excluding hydrogens is 671 g/mol. The van der Waals surface area contributed by atoms with E-state index in [1.54, 1.807) is 19.4 Å². The molecule has 1 N–H and O–H groups in total. The monoisotopic (exact) mass is 721 g/mol. The first-order valence-corrected chi connectivity index (χ1v) is 19.8. The Bertz CT molecular complexity index is 1810. The zero-order valence-corrected chi connectivity index (χ0v) is 31.0. The van der Waals surface area contributed by atoms with Gasteiger partial charge in [0, 0.05) is 43.2 Å². The summed E-state index contributed by atoms with van der Waals surface area (Å²) in [5.74, 6) is -0.952. The molecule has 0 bridgehead atoms. The normalized spacial score (nSPS) is 25.7. The molecular formula is C39H51N3O8S. The van der Waals surface area contributed by atoms with Crippen LogP contribution < -0.4 is 14.2 Å². The van der Waals surface area contributed by atoms with Gasteiger partial charge in [-0.1, -0.05) is 52.5 Å². The number of fused-ring (bicyclic) bond motifs is 1. The highest BCUT2D eigenvalue weighted by Gasteiger charge is 2.61. The van der Waals surface area contributed by atoms with Crippen LogP contribution in [-0.2, 0) is 29.2 Å². The standard InChI is InChI=1S/C39H51N3O8S/c1-6-26-21-39(26,37(46)41-51(47,48)30-12-13-30)22-34(44)33-20-29(50-35-31-14-11-28(49-5)18-25(31)15-16-40-35)23-42(33)36(45)32(38(2,3)4)19-27(43)17-24-9-7-8-10-24/h6,11,14-16,18,24,26,29-30,32-33H,1,7-10,12-13,17,19-23H2,2-5H3,(H,41,46)/t26-,29-,32-,33+,39-/m1/s1. The first-order valence-electron chi connectivity index (χ1n) is 18.3. The van der Waals surface area contributed by atoms with Crippen LogP contribution in [0.2, 0.25) is 0 Å². The van der Waals surface area contributed by atoms with E-state index in [0.717, 1.165) is 36.5 Å². The summed E-state index contributed by atoms with van der Waals surface area (Å²) in [6.45, 7) is 9.73. The molecule has 12 heteroatoms. The van der Waals surface area contributed by atoms with E-state index in [1.165, 1.54) is 4.90 Å². The van der Waals surface area contributed by atoms with Crippen molar-refractivity contribution >= 4 is 44.2 Å². The van der Waals surface area contributed by atoms with Gasteiger partial charge in [0.1, 0.15) is 17.6 Å². The maximum absolute atomic E-state index is 14.6. The summed E-state index contributed by atoms with van der Waals surface area (Å²) in [4.78, 5) is 62.0. The lowest BCUT2D eigenvalue weighted by Gasteiger charge is -2.35. The van der Waals surface area contributed by atoms with Crippen molar-refractivity contribution in [3.63, 3.8) is 0 Å². The molecule has 1 aliphatic heterocycles. The number of ether oxygens (including phenoxy) is 2. The van der Waals surface area contributed by atoms with Gasteiger partial charge in [-0.05, 0) is 66.2 Å². The number of nitrogens with zero attached hydrogens (tertiary/aromatic N) is 2. The molecule has 1 aromatic heterocycles. The predicted molar refractivity (Wildman–Crippen MR) is 192 cm³/mol. The quantitative estimate of drug-likeness (QED) is 0.234. The van der Waals surface area contributed by atoms with Gasteiger partial charge < -0.3 is 14.4 Å². The van der Waals surface area contributed by atoms with Crippen LogP contribution in [0.15, 0.2) is 43.1 Å². The number of carbonyl (C=O) groups excluding carboxylic acids is 4. The number of benzene rings is 1. The average Bonchev–Trinajstić information content (AvgIpc) is 3.96. The van der Waals surface area contributed by atoms with Crippen molar-refractivity contribution in [2.75, 3.05) is 13.7 Å². The number of sulfonamides is 1. The Kier molecular flexibility index (Phi) is 10.4. The fourth-order valence-corrected chi connectivity index (χ4v) is 9.44. The SMILES string of the molecule is C=C[C@@H]1C[C@]1(CC(=O)[C@@H]1C[C@@H](Oc2nccc3cc(OC)ccc23)CN1C(=O)[C@@H](CC(=O)CC1CCCC1)C(C)(C)C)C(=O)NS(=O)(=O)C1CC1. The Morgan fingerprint density at radius 2 is 1.84 bits per heavy atom. The highest BCUT2D eigenvalue weighted by Crippen LogP contribution is 2.57. The fraction of sp³-hybridized carbons (Fsp3) is 0.615. The van der Waals surface area contributed by atoms with Crippen LogP contribution in [-0.4, -0.2) is 72.7 Å². The van der Waals surface area contributed by atoms with Crippen LogP contribution in [0.3, 0.4) is 0 Å². The van der Waals surface area contributed by atoms with Crippen LogP contribution in [0.25, 0.3) is 10.8 Å². The lowest BCUT2D eigenvalue weighted by atomic mass is 9.76. The van der Waals surface area contributed by atoms with Gasteiger partial charge in [0.25, 0.3) is 0 Å². The second kappa shape index (κ2) is 14.3. The fourth-order valence-electron chi connectivity index (χ4n) is 8.06. The van der Waals surface area contributed by atoms with E-state index >= 15 is 0 Å². The Labute approximate surface area is 301 Å². The molecule has 2 amide bonds. The number of allylic oxidation sites excluding steroid dienone is 1. The molecule has 1 saturated heterocycles. The van der Waals surface area contributed by atoms with E-state index in [-0.39, 0.29) is 49.2 Å². The number of Topliss-reactive ketones (excluding diaryl/α,β-unsaturated/α-hetero) is 2. The second-order valence-electron chi connectivity index (χ2n) is 16.2. The topological polar surface area (TPSA) is 149 Å². The molecule has 51 heavy (non-hydrogen) atoms. The second-order valence-corrected chi connectivity index (χ2v) is 18.2. The number of pyridine rings is 1. The maximum Gasteiger partial charge on any atom is 0.240 e. The van der Waals surface area contributed by atoms with Crippen LogP contribution in [0.1, 0.15) is 91.4 Å². The molecule has 3 saturated carbocycles. The molecule has 11 nitrogen and oxygen atoms in total. The smallest absolute Gasteiger partial charge is 0.240 e. The summed E-state index contributed by atoms with van der Waals surface area (Å²) in [6.07, 6.45) is 8.64. The highest BCUT2D eigenvalue weighted by atomic mass is 32.2. The summed E-state index contributed by atoms with van der Waals surface area (Å²) in [5, 5.41) is 1.01. The van der Waals surface area contributed by atoms with Crippen LogP contribution in [0.4, 0.5) is 0 Å². The first kappa shape index (κ1) is 37.0. The average molecular weight is 722 g/mol. The predicted octanol–water partition coefficient (Wildman–Crippen LogP) is 5.55. The lowest BCUT2D eigenvalue weighted by molar-refractivity contribution is -0.146. The van der Waals surface area contributed by atoms with E-state index in [9.17, 15) is 27.6 Å². The molecule has 0 spiro atoms. The summed E-state index contributed by atoms with van der Waals surface area (Å²) in [5.41, 5.74) is -1.83. The molecule has 0 unspecified atom stereocenters. The van der Waals surface area contributed by atoms with Gasteiger partial charge in [-0.25, -0.2) is 13.4 Å². The number of hydrogen-bond acceptors (Lipinski definition) is 9. The Morgan fingerprint density at radius 3 is 2.47 bits per heavy atom. The van der Waals surface area contributed by atoms with E-state index in [4.69, 9.17) is 9.47 Å². The number of hydrogen-bond donors (Lipinski definition) is 1. The van der Waals surface area contributed by atoms with Gasteiger partial charge in [-0.2, -0.15) is 0 Å². The minimum atomic E-state index is -3.83. The van der Waals surface area contributed by atoms with Crippen LogP contribution in [0.5, 0.6) is 11.6 Å². The number of methoxy groups -OCH3 is 1. The van der Waals surface area contributed by atoms with Gasteiger partial charge in [-0.15, -0.1) is 6.58 Å². The highest BCUT2D eigenvalue weighted by molar-refractivity contribution is 7.90. The van der Waals surface area contributed by atoms with E-state index < -0.39 is 50.1 Å². The van der Waals surface area contributed by atoms with E-state index in [2.05, 4.69) is 16.3 Å². The van der Waals surface area contributed by atoms with Crippen LogP contribution >= 0.6 is 0 Å². The summed E-state index contributed by atoms with van der Waals surface area (Å²) in [6, 6.07) is 6.43. The van der Waals surface area contributed by atoms with Gasteiger partial charge in [-0.3, -0.25) is 23.9 Å². The molecule has 0 radical (unpaired) electrons. The summed E-state index contributed by atoms with van der Waals surface area (Å²) < 4.78 is 39.5. The minimum Gasteiger partial charge on any atom is -0.497 e. The molecule has 5 atom stereocenters. The Hall–Kier alpha value is -3.80. The van der Waals surface area contributed by atoms with Crippen molar-refractivity contribution in [3.8, 4) is 11.6 Å². The number of nitrogens with one attached hydrogen (secondary N) is 1. The largest absolute Gasteiger partial charge is 0.497 e. The van der Waals surface area contributed by atoms with Crippen LogP contribution in [0, 0.1) is 28.6 Å². The Morgan fingerprint density at radius 1 is 1.12 bits per heavy atom. The molecule has 2 aromatic rings. The molecule has 276 valence electrons. The van der Waals surface area contributed by atoms with E-state index in [0.29, 0.717) is 43.2 Å². The molecule has 6 rings (SSSR count). The molecule has 3 aliphatic carbocycles. The molecule has 2 heterocycles. The third-order valence-electron chi connectivity index (χ3n) is 11.5. The minimum absolute atomic E-state index is 0.0553. The first-order chi connectivity index (χ1) is 24.1. The van der Waals surface area contributed by atoms with Gasteiger partial charge >= 0.3 is 0 Å². The maximum atomic E-state index is 14.6. The van der Waals surface area contributed by atoms with Gasteiger partial charge in [0.15, 0.2) is 5.78 Å². The van der Waals surface area contributed by atoms with E-state index in [1.807, 2.05) is 45.0 Å². The van der Waals surface area contributed by atoms with Crippen molar-refractivity contribution in [1.29, 1.82) is 0 Å². The number of ketones is 2. The molecule has 4 fully saturated rings. The zero-order chi connectivity index (χ0) is 36.7.